The van der Waals surface area contributed by atoms with Gasteiger partial charge in [0.15, 0.2) is 0 Å². The number of hydrogen-bond acceptors (Lipinski definition) is 1. The van der Waals surface area contributed by atoms with E-state index in [1.165, 1.54) is 88.5 Å². The van der Waals surface area contributed by atoms with Crippen LogP contribution in [0.2, 0.25) is 38.0 Å². The molecule has 2 aromatic rings. The van der Waals surface area contributed by atoms with Crippen LogP contribution in [-0.2, 0) is 18.9 Å². The van der Waals surface area contributed by atoms with Crippen molar-refractivity contribution < 1.29 is 32.9 Å². The zero-order valence-corrected chi connectivity index (χ0v) is 31.8. The summed E-state index contributed by atoms with van der Waals surface area (Å²) in [6.45, 7) is -2.11. The van der Waals surface area contributed by atoms with E-state index in [9.17, 15) is 26.3 Å². The van der Waals surface area contributed by atoms with Crippen LogP contribution in [0, 0.1) is 0 Å². The number of benzene rings is 2. The van der Waals surface area contributed by atoms with Crippen LogP contribution in [-0.4, -0.2) is 44.5 Å². The molecule has 0 bridgehead atoms. The Kier molecular flexibility index (Phi) is 3.13. The van der Waals surface area contributed by atoms with Crippen molar-refractivity contribution in [1.82, 2.24) is 4.90 Å². The molecular weight excluding hydrogens is 726 g/mol. The third kappa shape index (κ3) is 0.956. The monoisotopic (exact) mass is 773 g/mol. The summed E-state index contributed by atoms with van der Waals surface area (Å²) in [6, 6.07) is 12.9. The van der Waals surface area contributed by atoms with Crippen LogP contribution in [0.3, 0.4) is 0 Å². The molecule has 0 radical (unpaired) electrons. The predicted octanol–water partition coefficient (Wildman–Crippen LogP) is 11.8. The van der Waals surface area contributed by atoms with Gasteiger partial charge in [-0.05, 0) is 0 Å². The molecule has 1 spiro atoms. The summed E-state index contributed by atoms with van der Waals surface area (Å²) in [7, 11) is 3.15. The minimum absolute atomic E-state index is 0.179. The Morgan fingerprint density at radius 3 is 1.38 bits per heavy atom. The van der Waals surface area contributed by atoms with Crippen molar-refractivity contribution in [3.8, 4) is 0 Å². The topological polar surface area (TPSA) is 3.24 Å². The van der Waals surface area contributed by atoms with E-state index >= 15 is 0 Å². The SMILES string of the molecule is CC(N(C)C)[C@@]12[CH]3[CH]4[C]5(P(C6CCCCC6)C6CCCCC6)[C]1(P(c1ccc(C(F)(F)F)cc1)c1ccc(C(F)(F)F)cc1)[Fe]43521678[CH]2[CH]1[CH]6[CH]7[CH]28. The number of fused-ring (bicyclic) bond motifs is 10. The zero-order valence-electron chi connectivity index (χ0n) is 28.9. The number of halogens is 6. The standard InChI is InChI=1S/C35H42F6NP2.C5H5.Fe/c1-24(42(2)3)31-22-23-32(43(27-10-6-4-7-11-27)28-12-8-5-9-13-28)33(31)44(29-18-14-25(15-19-29)34(36,37)38)30-20-16-26(17-21-30)35(39,40)41;1-2-4-5-3-1;/h14-24,27-28H,4-13H2,1-3H3;1-5H;. The molecule has 0 amide bonds. The Bertz CT molecular complexity index is 2220. The van der Waals surface area contributed by atoms with Crippen LogP contribution in [0.4, 0.5) is 26.3 Å². The van der Waals surface area contributed by atoms with Crippen LogP contribution >= 0.6 is 15.8 Å². The molecule has 10 saturated heterocycles. The third-order valence-corrected chi connectivity index (χ3v) is 82.7. The van der Waals surface area contributed by atoms with Crippen LogP contribution in [0.1, 0.15) is 82.3 Å². The van der Waals surface area contributed by atoms with Crippen molar-refractivity contribution in [2.24, 2.45) is 0 Å². The van der Waals surface area contributed by atoms with Crippen LogP contribution in [0.5, 0.6) is 0 Å². The van der Waals surface area contributed by atoms with E-state index in [1.807, 2.05) is 24.3 Å². The first kappa shape index (κ1) is 29.7. The molecule has 14 rings (SSSR count). The molecule has 50 heavy (non-hydrogen) atoms. The summed E-state index contributed by atoms with van der Waals surface area (Å²) in [4.78, 5) is 9.23. The van der Waals surface area contributed by atoms with Gasteiger partial charge in [-0.3, -0.25) is 0 Å². The molecule has 2 aliphatic carbocycles. The molecule has 5 unspecified atom stereocenters. The molecule has 6 atom stereocenters. The summed E-state index contributed by atoms with van der Waals surface area (Å²) in [5, 5.41) is 2.07. The summed E-state index contributed by atoms with van der Waals surface area (Å²) >= 11 is 0. The fourth-order valence-electron chi connectivity index (χ4n) is 25.4. The van der Waals surface area contributed by atoms with Crippen molar-refractivity contribution in [1.29, 1.82) is 0 Å². The van der Waals surface area contributed by atoms with E-state index < -0.39 is 37.9 Å². The van der Waals surface area contributed by atoms with E-state index in [0.717, 1.165) is 55.6 Å². The Labute approximate surface area is 283 Å². The second-order valence-electron chi connectivity index (χ2n) is 20.9. The zero-order chi connectivity index (χ0) is 34.4. The van der Waals surface area contributed by atoms with Gasteiger partial charge in [-0.15, -0.1) is 0 Å². The van der Waals surface area contributed by atoms with Gasteiger partial charge in [-0.25, -0.2) is 0 Å². The average molecular weight is 774 g/mol. The first-order valence-electron chi connectivity index (χ1n) is 19.4. The Morgan fingerprint density at radius 1 is 0.640 bits per heavy atom. The molecule has 12 aliphatic rings. The van der Waals surface area contributed by atoms with Crippen molar-refractivity contribution in [3.05, 3.63) is 59.7 Å². The second-order valence-corrected chi connectivity index (χ2v) is 49.9. The fraction of sp³-hybridized carbons (Fsp3) is 0.700. The van der Waals surface area contributed by atoms with Gasteiger partial charge in [-0.1, -0.05) is 0 Å². The van der Waals surface area contributed by atoms with Gasteiger partial charge < -0.3 is 0 Å². The number of hydrogen-bond donors (Lipinski definition) is 0. The molecule has 0 aromatic heterocycles. The molecule has 12 fully saturated rings. The first-order chi connectivity index (χ1) is 23.6. The summed E-state index contributed by atoms with van der Waals surface area (Å²) < 4.78 is 85.4. The molecule has 10 heteroatoms. The van der Waals surface area contributed by atoms with Gasteiger partial charge in [0.1, 0.15) is 0 Å². The van der Waals surface area contributed by atoms with Gasteiger partial charge >= 0.3 is 285 Å². The van der Waals surface area contributed by atoms with Crippen molar-refractivity contribution in [2.75, 3.05) is 14.1 Å². The second kappa shape index (κ2) is 5.28. The van der Waals surface area contributed by atoms with Crippen molar-refractivity contribution in [2.45, 2.75) is 147 Å². The molecular formula is C40H47F6FeNP2. The summed E-state index contributed by atoms with van der Waals surface area (Å²) in [5.74, 6) is 0. The predicted molar refractivity (Wildman–Crippen MR) is 187 cm³/mol. The Morgan fingerprint density at radius 2 is 1.04 bits per heavy atom. The van der Waals surface area contributed by atoms with Gasteiger partial charge in [0.05, 0.1) is 0 Å². The molecule has 2 saturated carbocycles. The van der Waals surface area contributed by atoms with Crippen LogP contribution < -0.4 is 10.6 Å². The van der Waals surface area contributed by atoms with Crippen LogP contribution in [0.25, 0.3) is 0 Å². The van der Waals surface area contributed by atoms with E-state index in [-0.39, 0.29) is 12.0 Å². The van der Waals surface area contributed by atoms with Gasteiger partial charge in [0.25, 0.3) is 0 Å². The first-order valence-corrected chi connectivity index (χ1v) is 28.3. The molecule has 1 nitrogen and oxygen atoms in total. The molecule has 272 valence electrons. The van der Waals surface area contributed by atoms with E-state index in [1.54, 1.807) is 0 Å². The number of nitrogens with zero attached hydrogens (tertiary/aromatic N) is 1. The van der Waals surface area contributed by atoms with Gasteiger partial charge in [-0.2, -0.15) is 0 Å². The Balaban J connectivity index is 1.08. The summed E-state index contributed by atoms with van der Waals surface area (Å²) in [6.07, 6.45) is 4.68. The minimum atomic E-state index is -4.65. The molecule has 10 heterocycles. The van der Waals surface area contributed by atoms with E-state index in [4.69, 9.17) is 0 Å². The number of alkyl halides is 6. The third-order valence-electron chi connectivity index (χ3n) is 23.9. The maximum absolute atomic E-state index is 14.1. The summed E-state index contributed by atoms with van der Waals surface area (Å²) in [5.41, 5.74) is 0.405. The van der Waals surface area contributed by atoms with Gasteiger partial charge in [0, 0.05) is 0 Å². The molecule has 0 N–H and O–H groups in total. The normalized spacial score (nSPS) is 57.5. The maximum atomic E-state index is 14.1. The quantitative estimate of drug-likeness (QED) is 0.147. The molecule has 10 aliphatic heterocycles. The molecule has 2 aromatic carbocycles. The number of rotatable bonds is 8. The van der Waals surface area contributed by atoms with Crippen molar-refractivity contribution >= 4 is 26.5 Å². The van der Waals surface area contributed by atoms with Crippen molar-refractivity contribution in [3.63, 3.8) is 0 Å². The van der Waals surface area contributed by atoms with E-state index in [0.29, 0.717) is 14.4 Å². The van der Waals surface area contributed by atoms with Crippen LogP contribution in [0.15, 0.2) is 48.5 Å². The Hall–Kier alpha value is -0.641. The average Bonchev–Trinajstić information content (AvgIpc) is 4.05. The van der Waals surface area contributed by atoms with Gasteiger partial charge in [0.2, 0.25) is 0 Å². The van der Waals surface area contributed by atoms with E-state index in [2.05, 4.69) is 25.9 Å². The fourth-order valence-corrected chi connectivity index (χ4v) is 137.